The number of carbonyl (C=O) groups is 1. The third-order valence-electron chi connectivity index (χ3n) is 2.99. The summed E-state index contributed by atoms with van der Waals surface area (Å²) in [5, 5.41) is 6.17. The van der Waals surface area contributed by atoms with Gasteiger partial charge in [-0.3, -0.25) is 4.79 Å². The van der Waals surface area contributed by atoms with Crippen LogP contribution in [0.15, 0.2) is 6.33 Å². The minimum Gasteiger partial charge on any atom is -0.355 e. The Bertz CT molecular complexity index is 361. The van der Waals surface area contributed by atoms with Crippen LogP contribution < -0.4 is 10.6 Å². The number of rotatable bonds is 3. The summed E-state index contributed by atoms with van der Waals surface area (Å²) in [6.45, 7) is 3.43. The van der Waals surface area contributed by atoms with Crippen molar-refractivity contribution in [1.82, 2.24) is 20.6 Å². The van der Waals surface area contributed by atoms with Crippen molar-refractivity contribution in [3.8, 4) is 0 Å². The zero-order valence-corrected chi connectivity index (χ0v) is 9.55. The second-order valence-corrected chi connectivity index (χ2v) is 4.19. The van der Waals surface area contributed by atoms with Crippen LogP contribution in [0.1, 0.15) is 30.7 Å². The molecule has 1 aromatic rings. The quantitative estimate of drug-likeness (QED) is 0.696. The number of carbonyl (C=O) groups excluding carboxylic acids is 1. The van der Waals surface area contributed by atoms with E-state index in [-0.39, 0.29) is 11.9 Å². The van der Waals surface area contributed by atoms with Gasteiger partial charge in [0.2, 0.25) is 5.91 Å². The molecule has 1 aliphatic heterocycles. The van der Waals surface area contributed by atoms with Gasteiger partial charge in [-0.15, -0.1) is 0 Å². The van der Waals surface area contributed by atoms with Gasteiger partial charge in [0.15, 0.2) is 0 Å². The number of aromatic nitrogens is 2. The molecule has 16 heavy (non-hydrogen) atoms. The second kappa shape index (κ2) is 5.12. The maximum Gasteiger partial charge on any atom is 0.237 e. The number of aromatic amines is 1. The third-order valence-corrected chi connectivity index (χ3v) is 2.99. The predicted molar refractivity (Wildman–Crippen MR) is 60.8 cm³/mol. The molecule has 0 saturated carbocycles. The Labute approximate surface area is 95.0 Å². The lowest BCUT2D eigenvalue weighted by Gasteiger charge is -2.14. The molecule has 0 spiro atoms. The first-order valence-corrected chi connectivity index (χ1v) is 5.77. The van der Waals surface area contributed by atoms with E-state index in [2.05, 4.69) is 20.6 Å². The molecule has 2 heterocycles. The van der Waals surface area contributed by atoms with Gasteiger partial charge in [0.05, 0.1) is 18.1 Å². The fourth-order valence-electron chi connectivity index (χ4n) is 1.92. The minimum absolute atomic E-state index is 0.0707. The lowest BCUT2D eigenvalue weighted by molar-refractivity contribution is -0.122. The third kappa shape index (κ3) is 2.61. The van der Waals surface area contributed by atoms with E-state index in [0.29, 0.717) is 6.54 Å². The van der Waals surface area contributed by atoms with Gasteiger partial charge in [-0.2, -0.15) is 0 Å². The SMILES string of the molecule is Cc1[nH]cnc1CNC1CCCCNC1=O. The number of nitrogens with zero attached hydrogens (tertiary/aromatic N) is 1. The van der Waals surface area contributed by atoms with E-state index in [0.717, 1.165) is 37.2 Å². The predicted octanol–water partition coefficient (Wildman–Crippen LogP) is 0.476. The number of hydrogen-bond donors (Lipinski definition) is 3. The Morgan fingerprint density at radius 3 is 3.19 bits per heavy atom. The van der Waals surface area contributed by atoms with Crippen LogP contribution in [0.2, 0.25) is 0 Å². The Hall–Kier alpha value is -1.36. The first-order valence-electron chi connectivity index (χ1n) is 5.77. The van der Waals surface area contributed by atoms with Crippen LogP contribution in [0.3, 0.4) is 0 Å². The summed E-state index contributed by atoms with van der Waals surface area (Å²) >= 11 is 0. The van der Waals surface area contributed by atoms with Crippen molar-refractivity contribution in [2.75, 3.05) is 6.54 Å². The first kappa shape index (κ1) is 11.1. The fraction of sp³-hybridized carbons (Fsp3) is 0.636. The summed E-state index contributed by atoms with van der Waals surface area (Å²) in [6.07, 6.45) is 4.76. The van der Waals surface area contributed by atoms with Crippen molar-refractivity contribution in [2.24, 2.45) is 0 Å². The van der Waals surface area contributed by atoms with E-state index < -0.39 is 0 Å². The molecule has 0 radical (unpaired) electrons. The summed E-state index contributed by atoms with van der Waals surface area (Å²) in [5.41, 5.74) is 2.04. The van der Waals surface area contributed by atoms with E-state index in [4.69, 9.17) is 0 Å². The molecule has 1 aliphatic rings. The van der Waals surface area contributed by atoms with E-state index in [1.807, 2.05) is 6.92 Å². The number of aryl methyl sites for hydroxylation is 1. The maximum absolute atomic E-state index is 11.7. The van der Waals surface area contributed by atoms with Gasteiger partial charge in [-0.05, 0) is 26.2 Å². The molecular weight excluding hydrogens is 204 g/mol. The van der Waals surface area contributed by atoms with E-state index in [9.17, 15) is 4.79 Å². The van der Waals surface area contributed by atoms with Gasteiger partial charge in [0, 0.05) is 18.8 Å². The zero-order valence-electron chi connectivity index (χ0n) is 9.55. The smallest absolute Gasteiger partial charge is 0.237 e. The molecule has 1 amide bonds. The largest absolute Gasteiger partial charge is 0.355 e. The second-order valence-electron chi connectivity index (χ2n) is 4.19. The fourth-order valence-corrected chi connectivity index (χ4v) is 1.92. The molecule has 1 fully saturated rings. The molecule has 0 aromatic carbocycles. The highest BCUT2D eigenvalue weighted by Crippen LogP contribution is 2.07. The number of hydrogen-bond acceptors (Lipinski definition) is 3. The Morgan fingerprint density at radius 1 is 1.56 bits per heavy atom. The topological polar surface area (TPSA) is 69.8 Å². The molecule has 0 aliphatic carbocycles. The normalized spacial score (nSPS) is 21.6. The molecule has 0 bridgehead atoms. The van der Waals surface area contributed by atoms with E-state index in [1.165, 1.54) is 0 Å². The molecule has 3 N–H and O–H groups in total. The Morgan fingerprint density at radius 2 is 2.44 bits per heavy atom. The summed E-state index contributed by atoms with van der Waals surface area (Å²) in [4.78, 5) is 18.9. The van der Waals surface area contributed by atoms with Crippen LogP contribution >= 0.6 is 0 Å². The summed E-state index contributed by atoms with van der Waals surface area (Å²) < 4.78 is 0. The van der Waals surface area contributed by atoms with Crippen LogP contribution in [-0.4, -0.2) is 28.5 Å². The van der Waals surface area contributed by atoms with Gasteiger partial charge in [-0.25, -0.2) is 4.98 Å². The van der Waals surface area contributed by atoms with Crippen molar-refractivity contribution in [3.05, 3.63) is 17.7 Å². The highest BCUT2D eigenvalue weighted by Gasteiger charge is 2.20. The van der Waals surface area contributed by atoms with E-state index >= 15 is 0 Å². The van der Waals surface area contributed by atoms with Crippen LogP contribution in [0, 0.1) is 6.92 Å². The molecule has 2 rings (SSSR count). The average molecular weight is 222 g/mol. The zero-order chi connectivity index (χ0) is 11.4. The van der Waals surface area contributed by atoms with Crippen molar-refractivity contribution < 1.29 is 4.79 Å². The van der Waals surface area contributed by atoms with E-state index in [1.54, 1.807) is 6.33 Å². The van der Waals surface area contributed by atoms with Crippen LogP contribution in [0.5, 0.6) is 0 Å². The number of imidazole rings is 1. The van der Waals surface area contributed by atoms with Crippen molar-refractivity contribution in [1.29, 1.82) is 0 Å². The molecular formula is C11H18N4O. The van der Waals surface area contributed by atoms with Crippen molar-refractivity contribution in [3.63, 3.8) is 0 Å². The van der Waals surface area contributed by atoms with Gasteiger partial charge in [0.1, 0.15) is 0 Å². The monoisotopic (exact) mass is 222 g/mol. The average Bonchev–Trinajstić information content (AvgIpc) is 2.56. The number of amides is 1. The van der Waals surface area contributed by atoms with Crippen molar-refractivity contribution in [2.45, 2.75) is 38.8 Å². The number of nitrogens with one attached hydrogen (secondary N) is 3. The molecule has 88 valence electrons. The highest BCUT2D eigenvalue weighted by atomic mass is 16.2. The summed E-state index contributed by atoms with van der Waals surface area (Å²) in [7, 11) is 0. The minimum atomic E-state index is -0.0707. The maximum atomic E-state index is 11.7. The highest BCUT2D eigenvalue weighted by molar-refractivity contribution is 5.81. The number of H-pyrrole nitrogens is 1. The van der Waals surface area contributed by atoms with Gasteiger partial charge in [0.25, 0.3) is 0 Å². The standard InChI is InChI=1S/C11H18N4O/c1-8-10(15-7-14-8)6-13-9-4-2-3-5-12-11(9)16/h7,9,13H,2-6H2,1H3,(H,12,16)(H,14,15). The summed E-state index contributed by atoms with van der Waals surface area (Å²) in [5.74, 6) is 0.116. The first-order chi connectivity index (χ1) is 7.77. The Kier molecular flexibility index (Phi) is 3.56. The lowest BCUT2D eigenvalue weighted by atomic mass is 10.1. The van der Waals surface area contributed by atoms with Crippen molar-refractivity contribution >= 4 is 5.91 Å². The molecule has 5 nitrogen and oxygen atoms in total. The molecule has 1 aromatic heterocycles. The van der Waals surface area contributed by atoms with Gasteiger partial charge < -0.3 is 15.6 Å². The van der Waals surface area contributed by atoms with Crippen LogP contribution in [0.4, 0.5) is 0 Å². The van der Waals surface area contributed by atoms with Gasteiger partial charge >= 0.3 is 0 Å². The van der Waals surface area contributed by atoms with Crippen LogP contribution in [0.25, 0.3) is 0 Å². The molecule has 1 unspecified atom stereocenters. The van der Waals surface area contributed by atoms with Gasteiger partial charge in [-0.1, -0.05) is 0 Å². The molecule has 1 saturated heterocycles. The summed E-state index contributed by atoms with van der Waals surface area (Å²) in [6, 6.07) is -0.0707. The molecule has 5 heteroatoms. The van der Waals surface area contributed by atoms with Crippen LogP contribution in [-0.2, 0) is 11.3 Å². The molecule has 1 atom stereocenters. The Balaban J connectivity index is 1.89. The lowest BCUT2D eigenvalue weighted by Crippen LogP contribution is -2.42.